The molecular formula is C16H13NO2. The first-order valence-corrected chi connectivity index (χ1v) is 6.07. The maximum absolute atomic E-state index is 5.32. The molecule has 0 saturated carbocycles. The quantitative estimate of drug-likeness (QED) is 0.776. The Morgan fingerprint density at radius 2 is 1.79 bits per heavy atom. The lowest BCUT2D eigenvalue weighted by Gasteiger charge is -1.96. The molecule has 0 spiro atoms. The average Bonchev–Trinajstić information content (AvgIpc) is 2.92. The molecule has 0 bridgehead atoms. The van der Waals surface area contributed by atoms with Crippen molar-refractivity contribution in [2.75, 3.05) is 6.79 Å². The maximum atomic E-state index is 5.32. The highest BCUT2D eigenvalue weighted by molar-refractivity contribution is 5.80. The monoisotopic (exact) mass is 251 g/mol. The molecule has 1 aliphatic heterocycles. The first-order chi connectivity index (χ1) is 9.42. The fourth-order valence-electron chi connectivity index (χ4n) is 1.81. The van der Waals surface area contributed by atoms with Crippen LogP contribution in [0.4, 0.5) is 5.69 Å². The van der Waals surface area contributed by atoms with Crippen molar-refractivity contribution >= 4 is 18.0 Å². The molecule has 0 saturated heterocycles. The van der Waals surface area contributed by atoms with Gasteiger partial charge in [0.05, 0.1) is 5.69 Å². The Morgan fingerprint density at radius 3 is 2.68 bits per heavy atom. The second kappa shape index (κ2) is 5.40. The molecule has 0 fully saturated rings. The van der Waals surface area contributed by atoms with E-state index in [1.807, 2.05) is 60.7 Å². The van der Waals surface area contributed by atoms with Crippen molar-refractivity contribution in [3.05, 3.63) is 60.2 Å². The molecule has 3 rings (SSSR count). The van der Waals surface area contributed by atoms with E-state index >= 15 is 0 Å². The number of aliphatic imine (C=N–C) groups is 1. The normalized spacial score (nSPS) is 13.5. The van der Waals surface area contributed by atoms with Crippen LogP contribution in [-0.4, -0.2) is 13.0 Å². The Labute approximate surface area is 111 Å². The van der Waals surface area contributed by atoms with E-state index in [0.717, 1.165) is 22.7 Å². The zero-order chi connectivity index (χ0) is 12.9. The fourth-order valence-corrected chi connectivity index (χ4v) is 1.81. The van der Waals surface area contributed by atoms with Gasteiger partial charge in [-0.1, -0.05) is 30.3 Å². The van der Waals surface area contributed by atoms with Crippen LogP contribution in [0.3, 0.4) is 0 Å². The van der Waals surface area contributed by atoms with Crippen molar-refractivity contribution in [2.45, 2.75) is 0 Å². The minimum absolute atomic E-state index is 0.304. The largest absolute Gasteiger partial charge is 0.454 e. The first-order valence-electron chi connectivity index (χ1n) is 6.07. The Hall–Kier alpha value is -2.55. The van der Waals surface area contributed by atoms with Crippen molar-refractivity contribution < 1.29 is 9.47 Å². The Balaban J connectivity index is 1.68. The average molecular weight is 251 g/mol. The van der Waals surface area contributed by atoms with Crippen molar-refractivity contribution in [2.24, 2.45) is 4.99 Å². The molecule has 2 aromatic rings. The molecular weight excluding hydrogens is 238 g/mol. The summed E-state index contributed by atoms with van der Waals surface area (Å²) in [5, 5.41) is 0. The van der Waals surface area contributed by atoms with E-state index in [0.29, 0.717) is 6.79 Å². The van der Waals surface area contributed by atoms with Gasteiger partial charge in [0.2, 0.25) is 6.79 Å². The fraction of sp³-hybridized carbons (Fsp3) is 0.0625. The van der Waals surface area contributed by atoms with E-state index in [1.54, 1.807) is 6.21 Å². The SMILES string of the molecule is C(/C=C/c1ccc2c(c1)OCO2)=Nc1ccccc1. The van der Waals surface area contributed by atoms with Crippen molar-refractivity contribution in [1.29, 1.82) is 0 Å². The predicted octanol–water partition coefficient (Wildman–Crippen LogP) is 3.83. The highest BCUT2D eigenvalue weighted by atomic mass is 16.7. The molecule has 3 heteroatoms. The number of para-hydroxylation sites is 1. The molecule has 0 aromatic heterocycles. The van der Waals surface area contributed by atoms with E-state index < -0.39 is 0 Å². The summed E-state index contributed by atoms with van der Waals surface area (Å²) in [6.07, 6.45) is 5.67. The van der Waals surface area contributed by atoms with E-state index in [-0.39, 0.29) is 0 Å². The lowest BCUT2D eigenvalue weighted by Crippen LogP contribution is -1.92. The minimum atomic E-state index is 0.304. The van der Waals surface area contributed by atoms with E-state index in [2.05, 4.69) is 4.99 Å². The standard InChI is InChI=1S/C16H13NO2/c1-2-6-14(7-3-1)17-10-4-5-13-8-9-15-16(11-13)19-12-18-15/h1-11H,12H2/b5-4+,17-10?. The predicted molar refractivity (Wildman–Crippen MR) is 76.2 cm³/mol. The van der Waals surface area contributed by atoms with Crippen LogP contribution in [-0.2, 0) is 0 Å². The summed E-state index contributed by atoms with van der Waals surface area (Å²) < 4.78 is 10.6. The number of nitrogens with zero attached hydrogens (tertiary/aromatic N) is 1. The van der Waals surface area contributed by atoms with Gasteiger partial charge in [0.1, 0.15) is 0 Å². The Bertz CT molecular complexity index is 618. The molecule has 3 nitrogen and oxygen atoms in total. The summed E-state index contributed by atoms with van der Waals surface area (Å²) in [4.78, 5) is 4.33. The number of allylic oxidation sites excluding steroid dienone is 1. The van der Waals surface area contributed by atoms with Crippen LogP contribution in [0.15, 0.2) is 59.6 Å². The van der Waals surface area contributed by atoms with Gasteiger partial charge in [-0.25, -0.2) is 0 Å². The molecule has 0 radical (unpaired) electrons. The summed E-state index contributed by atoms with van der Waals surface area (Å²) in [7, 11) is 0. The molecule has 0 amide bonds. The number of benzene rings is 2. The molecule has 1 heterocycles. The molecule has 0 atom stereocenters. The van der Waals surface area contributed by atoms with Gasteiger partial charge < -0.3 is 9.47 Å². The lowest BCUT2D eigenvalue weighted by molar-refractivity contribution is 0.174. The number of ether oxygens (including phenoxy) is 2. The maximum Gasteiger partial charge on any atom is 0.231 e. The Morgan fingerprint density at radius 1 is 0.947 bits per heavy atom. The van der Waals surface area contributed by atoms with Crippen molar-refractivity contribution in [3.8, 4) is 11.5 Å². The van der Waals surface area contributed by atoms with Crippen molar-refractivity contribution in [1.82, 2.24) is 0 Å². The van der Waals surface area contributed by atoms with Gasteiger partial charge in [-0.2, -0.15) is 0 Å². The van der Waals surface area contributed by atoms with Gasteiger partial charge in [-0.15, -0.1) is 0 Å². The number of hydrogen-bond acceptors (Lipinski definition) is 3. The summed E-state index contributed by atoms with van der Waals surface area (Å²) in [5.41, 5.74) is 2.00. The summed E-state index contributed by atoms with van der Waals surface area (Å²) >= 11 is 0. The Kier molecular flexibility index (Phi) is 3.28. The van der Waals surface area contributed by atoms with Crippen LogP contribution in [0.5, 0.6) is 11.5 Å². The molecule has 0 N–H and O–H groups in total. The van der Waals surface area contributed by atoms with E-state index in [4.69, 9.17) is 9.47 Å². The highest BCUT2D eigenvalue weighted by Gasteiger charge is 2.11. The zero-order valence-corrected chi connectivity index (χ0v) is 10.3. The van der Waals surface area contributed by atoms with Crippen LogP contribution < -0.4 is 9.47 Å². The van der Waals surface area contributed by atoms with Crippen LogP contribution in [0.25, 0.3) is 6.08 Å². The van der Waals surface area contributed by atoms with Gasteiger partial charge in [0, 0.05) is 6.21 Å². The third kappa shape index (κ3) is 2.83. The number of fused-ring (bicyclic) bond motifs is 1. The summed E-state index contributed by atoms with van der Waals surface area (Å²) in [5.74, 6) is 1.59. The molecule has 94 valence electrons. The summed E-state index contributed by atoms with van der Waals surface area (Å²) in [6, 6.07) is 15.7. The molecule has 0 aliphatic carbocycles. The number of hydrogen-bond donors (Lipinski definition) is 0. The van der Waals surface area contributed by atoms with Gasteiger partial charge in [-0.3, -0.25) is 4.99 Å². The zero-order valence-electron chi connectivity index (χ0n) is 10.3. The molecule has 1 aliphatic rings. The van der Waals surface area contributed by atoms with Gasteiger partial charge in [0.15, 0.2) is 11.5 Å². The van der Waals surface area contributed by atoms with Crippen LogP contribution >= 0.6 is 0 Å². The van der Waals surface area contributed by atoms with Crippen LogP contribution in [0.1, 0.15) is 5.56 Å². The first kappa shape index (κ1) is 11.5. The molecule has 19 heavy (non-hydrogen) atoms. The van der Waals surface area contributed by atoms with Crippen molar-refractivity contribution in [3.63, 3.8) is 0 Å². The molecule has 0 unspecified atom stereocenters. The number of rotatable bonds is 3. The molecule has 2 aromatic carbocycles. The van der Waals surface area contributed by atoms with Gasteiger partial charge in [-0.05, 0) is 35.9 Å². The van der Waals surface area contributed by atoms with Gasteiger partial charge in [0.25, 0.3) is 0 Å². The third-order valence-electron chi connectivity index (χ3n) is 2.75. The smallest absolute Gasteiger partial charge is 0.231 e. The topological polar surface area (TPSA) is 30.8 Å². The summed E-state index contributed by atoms with van der Waals surface area (Å²) in [6.45, 7) is 0.304. The van der Waals surface area contributed by atoms with E-state index in [1.165, 1.54) is 0 Å². The lowest BCUT2D eigenvalue weighted by atomic mass is 10.2. The minimum Gasteiger partial charge on any atom is -0.454 e. The highest BCUT2D eigenvalue weighted by Crippen LogP contribution is 2.32. The van der Waals surface area contributed by atoms with E-state index in [9.17, 15) is 0 Å². The van der Waals surface area contributed by atoms with Crippen LogP contribution in [0.2, 0.25) is 0 Å². The third-order valence-corrected chi connectivity index (χ3v) is 2.75. The second-order valence-electron chi connectivity index (χ2n) is 4.09. The van der Waals surface area contributed by atoms with Crippen LogP contribution in [0, 0.1) is 0 Å². The van der Waals surface area contributed by atoms with Gasteiger partial charge >= 0.3 is 0 Å². The second-order valence-corrected chi connectivity index (χ2v) is 4.09.